The van der Waals surface area contributed by atoms with E-state index in [1.807, 2.05) is 43.9 Å². The van der Waals surface area contributed by atoms with E-state index in [1.165, 1.54) is 0 Å². The smallest absolute Gasteiger partial charge is 0.258 e. The van der Waals surface area contributed by atoms with Gasteiger partial charge in [-0.05, 0) is 68.5 Å². The number of hydrogen-bond donors (Lipinski definition) is 1. The third kappa shape index (κ3) is 5.12. The Hall–Kier alpha value is -3.02. The Bertz CT molecular complexity index is 917. The van der Waals surface area contributed by atoms with Crippen LogP contribution >= 0.6 is 0 Å². The lowest BCUT2D eigenvalue weighted by Crippen LogP contribution is -2.47. The molecule has 3 rings (SSSR count). The first-order valence-electron chi connectivity index (χ1n) is 10.3. The number of carbonyl (C=O) groups is 2. The molecule has 0 bridgehead atoms. The van der Waals surface area contributed by atoms with E-state index in [9.17, 15) is 9.59 Å². The lowest BCUT2D eigenvalue weighted by molar-refractivity contribution is -0.124. The number of nitrogens with one attached hydrogen (secondary N) is 1. The molecule has 0 saturated carbocycles. The van der Waals surface area contributed by atoms with Crippen LogP contribution in [-0.2, 0) is 4.79 Å². The summed E-state index contributed by atoms with van der Waals surface area (Å²) in [6, 6.07) is 11.3. The highest BCUT2D eigenvalue weighted by Crippen LogP contribution is 2.25. The molecular weight excluding hydrogens is 380 g/mol. The van der Waals surface area contributed by atoms with Gasteiger partial charge in [0, 0.05) is 24.7 Å². The number of methoxy groups -OCH3 is 1. The molecule has 0 unspecified atom stereocenters. The summed E-state index contributed by atoms with van der Waals surface area (Å²) in [6.45, 7) is 7.23. The highest BCUT2D eigenvalue weighted by atomic mass is 16.5. The first kappa shape index (κ1) is 21.7. The van der Waals surface area contributed by atoms with Crippen molar-refractivity contribution in [3.63, 3.8) is 0 Å². The van der Waals surface area contributed by atoms with Crippen molar-refractivity contribution in [1.29, 1.82) is 0 Å². The summed E-state index contributed by atoms with van der Waals surface area (Å²) in [6.07, 6.45) is 1.45. The van der Waals surface area contributed by atoms with Gasteiger partial charge >= 0.3 is 0 Å². The van der Waals surface area contributed by atoms with E-state index in [0.717, 1.165) is 35.3 Å². The van der Waals surface area contributed by atoms with Gasteiger partial charge in [0.1, 0.15) is 11.5 Å². The summed E-state index contributed by atoms with van der Waals surface area (Å²) in [5.74, 6) is 1.31. The minimum atomic E-state index is -0.132. The molecule has 0 aromatic heterocycles. The predicted octanol–water partition coefficient (Wildman–Crippen LogP) is 3.42. The van der Waals surface area contributed by atoms with Crippen molar-refractivity contribution in [1.82, 2.24) is 10.2 Å². The molecule has 1 saturated heterocycles. The monoisotopic (exact) mass is 410 g/mol. The molecule has 2 amide bonds. The largest absolute Gasteiger partial charge is 0.497 e. The van der Waals surface area contributed by atoms with Crippen LogP contribution in [0.3, 0.4) is 0 Å². The number of amides is 2. The van der Waals surface area contributed by atoms with Crippen LogP contribution < -0.4 is 14.8 Å². The lowest BCUT2D eigenvalue weighted by Gasteiger charge is -2.32. The summed E-state index contributed by atoms with van der Waals surface area (Å²) in [5, 5.41) is 3.04. The van der Waals surface area contributed by atoms with E-state index in [1.54, 1.807) is 19.2 Å². The second-order valence-electron chi connectivity index (χ2n) is 7.81. The van der Waals surface area contributed by atoms with Crippen molar-refractivity contribution < 1.29 is 19.1 Å². The standard InChI is InChI=1S/C24H30N2O4/c1-16-8-9-17(2)23(18(16)3)30-15-22(27)25-20-10-12-26(13-11-20)24(28)19-6-5-7-21(14-19)29-4/h5-9,14,20H,10-13,15H2,1-4H3,(H,25,27). The molecule has 160 valence electrons. The molecule has 1 N–H and O–H groups in total. The third-order valence-corrected chi connectivity index (χ3v) is 5.69. The maximum Gasteiger partial charge on any atom is 0.258 e. The zero-order chi connectivity index (χ0) is 21.7. The van der Waals surface area contributed by atoms with E-state index in [0.29, 0.717) is 24.4 Å². The van der Waals surface area contributed by atoms with Crippen LogP contribution in [0.5, 0.6) is 11.5 Å². The van der Waals surface area contributed by atoms with Gasteiger partial charge in [-0.3, -0.25) is 9.59 Å². The van der Waals surface area contributed by atoms with E-state index in [4.69, 9.17) is 9.47 Å². The Morgan fingerprint density at radius 1 is 1.07 bits per heavy atom. The molecule has 6 heteroatoms. The molecular formula is C24H30N2O4. The van der Waals surface area contributed by atoms with Gasteiger partial charge < -0.3 is 19.7 Å². The van der Waals surface area contributed by atoms with Gasteiger partial charge in [-0.15, -0.1) is 0 Å². The minimum Gasteiger partial charge on any atom is -0.497 e. The Labute approximate surface area is 178 Å². The zero-order valence-corrected chi connectivity index (χ0v) is 18.2. The van der Waals surface area contributed by atoms with E-state index < -0.39 is 0 Å². The molecule has 2 aromatic rings. The summed E-state index contributed by atoms with van der Waals surface area (Å²) >= 11 is 0. The van der Waals surface area contributed by atoms with Crippen molar-refractivity contribution in [2.45, 2.75) is 39.7 Å². The van der Waals surface area contributed by atoms with Crippen molar-refractivity contribution in [3.05, 3.63) is 58.7 Å². The molecule has 1 aliphatic rings. The van der Waals surface area contributed by atoms with Gasteiger partial charge in [0.2, 0.25) is 0 Å². The maximum absolute atomic E-state index is 12.7. The average Bonchev–Trinajstić information content (AvgIpc) is 2.76. The van der Waals surface area contributed by atoms with Gasteiger partial charge in [0.15, 0.2) is 6.61 Å². The second kappa shape index (κ2) is 9.65. The number of ether oxygens (including phenoxy) is 2. The molecule has 2 aromatic carbocycles. The minimum absolute atomic E-state index is 0.00586. The fourth-order valence-electron chi connectivity index (χ4n) is 3.72. The molecule has 1 aliphatic heterocycles. The molecule has 6 nitrogen and oxygen atoms in total. The normalized spacial score (nSPS) is 14.3. The van der Waals surface area contributed by atoms with Crippen molar-refractivity contribution in [2.75, 3.05) is 26.8 Å². The fraction of sp³-hybridized carbons (Fsp3) is 0.417. The number of aryl methyl sites for hydroxylation is 2. The van der Waals surface area contributed by atoms with Crippen LogP contribution in [0, 0.1) is 20.8 Å². The number of benzene rings is 2. The highest BCUT2D eigenvalue weighted by Gasteiger charge is 2.25. The van der Waals surface area contributed by atoms with Gasteiger partial charge in [-0.1, -0.05) is 18.2 Å². The number of rotatable bonds is 6. The molecule has 0 radical (unpaired) electrons. The molecule has 1 fully saturated rings. The van der Waals surface area contributed by atoms with Crippen LogP contribution in [0.2, 0.25) is 0 Å². The van der Waals surface area contributed by atoms with Crippen molar-refractivity contribution in [2.24, 2.45) is 0 Å². The quantitative estimate of drug-likeness (QED) is 0.792. The van der Waals surface area contributed by atoms with Gasteiger partial charge in [-0.2, -0.15) is 0 Å². The molecule has 1 heterocycles. The van der Waals surface area contributed by atoms with Crippen LogP contribution in [0.4, 0.5) is 0 Å². The molecule has 0 aliphatic carbocycles. The molecule has 0 atom stereocenters. The Morgan fingerprint density at radius 2 is 1.77 bits per heavy atom. The first-order valence-corrected chi connectivity index (χ1v) is 10.3. The van der Waals surface area contributed by atoms with E-state index in [-0.39, 0.29) is 24.5 Å². The molecule has 30 heavy (non-hydrogen) atoms. The van der Waals surface area contributed by atoms with Crippen LogP contribution in [-0.4, -0.2) is 49.6 Å². The summed E-state index contributed by atoms with van der Waals surface area (Å²) < 4.78 is 11.0. The third-order valence-electron chi connectivity index (χ3n) is 5.69. The summed E-state index contributed by atoms with van der Waals surface area (Å²) in [4.78, 5) is 26.9. The predicted molar refractivity (Wildman–Crippen MR) is 116 cm³/mol. The van der Waals surface area contributed by atoms with Crippen LogP contribution in [0.1, 0.15) is 39.9 Å². The second-order valence-corrected chi connectivity index (χ2v) is 7.81. The summed E-state index contributed by atoms with van der Waals surface area (Å²) in [5.41, 5.74) is 3.85. The van der Waals surface area contributed by atoms with Gasteiger partial charge in [0.05, 0.1) is 7.11 Å². The van der Waals surface area contributed by atoms with Crippen molar-refractivity contribution in [3.8, 4) is 11.5 Å². The van der Waals surface area contributed by atoms with Crippen LogP contribution in [0.25, 0.3) is 0 Å². The van der Waals surface area contributed by atoms with Gasteiger partial charge in [-0.25, -0.2) is 0 Å². The van der Waals surface area contributed by atoms with Crippen molar-refractivity contribution >= 4 is 11.8 Å². The summed E-state index contributed by atoms with van der Waals surface area (Å²) in [7, 11) is 1.59. The van der Waals surface area contributed by atoms with E-state index in [2.05, 4.69) is 11.4 Å². The van der Waals surface area contributed by atoms with Crippen LogP contribution in [0.15, 0.2) is 36.4 Å². The topological polar surface area (TPSA) is 67.9 Å². The first-order chi connectivity index (χ1) is 14.4. The number of piperidine rings is 1. The number of likely N-dealkylation sites (tertiary alicyclic amines) is 1. The number of nitrogens with zero attached hydrogens (tertiary/aromatic N) is 1. The molecule has 0 spiro atoms. The zero-order valence-electron chi connectivity index (χ0n) is 18.2. The van der Waals surface area contributed by atoms with Gasteiger partial charge in [0.25, 0.3) is 11.8 Å². The number of carbonyl (C=O) groups excluding carboxylic acids is 2. The Balaban J connectivity index is 1.48. The Kier molecular flexibility index (Phi) is 6.98. The van der Waals surface area contributed by atoms with E-state index >= 15 is 0 Å². The Morgan fingerprint density at radius 3 is 2.47 bits per heavy atom. The lowest BCUT2D eigenvalue weighted by atomic mass is 10.0. The highest BCUT2D eigenvalue weighted by molar-refractivity contribution is 5.94. The maximum atomic E-state index is 12.7. The number of hydrogen-bond acceptors (Lipinski definition) is 4. The fourth-order valence-corrected chi connectivity index (χ4v) is 3.72. The average molecular weight is 411 g/mol. The SMILES string of the molecule is COc1cccc(C(=O)N2CCC(NC(=O)COc3c(C)ccc(C)c3C)CC2)c1.